The largest absolute Gasteiger partial charge is 0.440 e. The molecule has 0 saturated carbocycles. The highest BCUT2D eigenvalue weighted by Crippen LogP contribution is 2.27. The zero-order valence-corrected chi connectivity index (χ0v) is 12.8. The molecule has 0 aliphatic carbocycles. The predicted molar refractivity (Wildman–Crippen MR) is 84.6 cm³/mol. The number of oxazole rings is 1. The number of aromatic nitrogens is 2. The lowest BCUT2D eigenvalue weighted by molar-refractivity contribution is -0.113. The number of thiazole rings is 1. The predicted octanol–water partition coefficient (Wildman–Crippen LogP) is 2.91. The van der Waals surface area contributed by atoms with Crippen molar-refractivity contribution in [3.8, 4) is 0 Å². The van der Waals surface area contributed by atoms with E-state index in [1.165, 1.54) is 23.1 Å². The van der Waals surface area contributed by atoms with Crippen LogP contribution in [0.15, 0.2) is 34.1 Å². The smallest absolute Gasteiger partial charge is 0.256 e. The van der Waals surface area contributed by atoms with E-state index in [2.05, 4.69) is 15.3 Å². The van der Waals surface area contributed by atoms with Gasteiger partial charge in [0, 0.05) is 5.69 Å². The number of anilines is 2. The van der Waals surface area contributed by atoms with Crippen molar-refractivity contribution in [2.75, 3.05) is 16.8 Å². The first kappa shape index (κ1) is 13.9. The van der Waals surface area contributed by atoms with Gasteiger partial charge in [-0.3, -0.25) is 4.79 Å². The van der Waals surface area contributed by atoms with E-state index < -0.39 is 0 Å². The molecule has 0 unspecified atom stereocenters. The van der Waals surface area contributed by atoms with Crippen LogP contribution in [0.5, 0.6) is 0 Å². The van der Waals surface area contributed by atoms with E-state index in [1.807, 2.05) is 19.1 Å². The van der Waals surface area contributed by atoms with Gasteiger partial charge in [0.05, 0.1) is 21.7 Å². The van der Waals surface area contributed by atoms with Crippen molar-refractivity contribution in [3.63, 3.8) is 0 Å². The third-order valence-corrected chi connectivity index (χ3v) is 4.36. The number of amides is 1. The number of hydrogen-bond acceptors (Lipinski definition) is 7. The Morgan fingerprint density at radius 3 is 3.10 bits per heavy atom. The number of carbonyl (C=O) groups is 1. The SMILES string of the molecule is Cc1coc(SCC(=O)Nc2nc3ccc(N)cc3s2)n1. The number of benzene rings is 1. The van der Waals surface area contributed by atoms with E-state index in [9.17, 15) is 4.79 Å². The van der Waals surface area contributed by atoms with Crippen molar-refractivity contribution in [1.29, 1.82) is 0 Å². The Kier molecular flexibility index (Phi) is 3.80. The Balaban J connectivity index is 1.63. The van der Waals surface area contributed by atoms with Gasteiger partial charge in [0.1, 0.15) is 6.26 Å². The number of aryl methyl sites for hydroxylation is 1. The summed E-state index contributed by atoms with van der Waals surface area (Å²) in [5.74, 6) is 0.0701. The van der Waals surface area contributed by atoms with Crippen LogP contribution < -0.4 is 11.1 Å². The second kappa shape index (κ2) is 5.74. The molecule has 0 atom stereocenters. The maximum atomic E-state index is 11.9. The molecule has 3 aromatic rings. The number of fused-ring (bicyclic) bond motifs is 1. The van der Waals surface area contributed by atoms with E-state index in [1.54, 1.807) is 12.3 Å². The highest BCUT2D eigenvalue weighted by Gasteiger charge is 2.10. The summed E-state index contributed by atoms with van der Waals surface area (Å²) in [5.41, 5.74) is 8.01. The van der Waals surface area contributed by atoms with Gasteiger partial charge in [-0.15, -0.1) is 0 Å². The van der Waals surface area contributed by atoms with Crippen LogP contribution in [0.3, 0.4) is 0 Å². The number of rotatable bonds is 4. The van der Waals surface area contributed by atoms with Crippen molar-refractivity contribution < 1.29 is 9.21 Å². The van der Waals surface area contributed by atoms with Gasteiger partial charge in [-0.1, -0.05) is 23.1 Å². The van der Waals surface area contributed by atoms with Crippen LogP contribution in [0.1, 0.15) is 5.69 Å². The molecule has 0 aliphatic rings. The molecule has 8 heteroatoms. The summed E-state index contributed by atoms with van der Waals surface area (Å²) in [5, 5.41) is 3.81. The zero-order chi connectivity index (χ0) is 14.8. The molecule has 0 aliphatic heterocycles. The number of thioether (sulfide) groups is 1. The third kappa shape index (κ3) is 3.34. The van der Waals surface area contributed by atoms with E-state index in [0.29, 0.717) is 16.0 Å². The normalized spacial score (nSPS) is 10.9. The maximum Gasteiger partial charge on any atom is 0.256 e. The monoisotopic (exact) mass is 320 g/mol. The van der Waals surface area contributed by atoms with Crippen molar-refractivity contribution in [1.82, 2.24) is 9.97 Å². The molecule has 0 fully saturated rings. The lowest BCUT2D eigenvalue weighted by Crippen LogP contribution is -2.13. The van der Waals surface area contributed by atoms with Gasteiger partial charge in [0.15, 0.2) is 5.13 Å². The minimum absolute atomic E-state index is 0.150. The topological polar surface area (TPSA) is 94.0 Å². The van der Waals surface area contributed by atoms with Crippen molar-refractivity contribution in [2.24, 2.45) is 0 Å². The summed E-state index contributed by atoms with van der Waals surface area (Å²) in [4.78, 5) is 20.3. The van der Waals surface area contributed by atoms with Crippen molar-refractivity contribution in [3.05, 3.63) is 30.2 Å². The van der Waals surface area contributed by atoms with Gasteiger partial charge >= 0.3 is 0 Å². The standard InChI is InChI=1S/C13H12N4O2S2/c1-7-5-19-13(15-7)20-6-11(18)17-12-16-9-3-2-8(14)4-10(9)21-12/h2-5H,6,14H2,1H3,(H,16,17,18). The van der Waals surface area contributed by atoms with Gasteiger partial charge in [0.25, 0.3) is 5.22 Å². The van der Waals surface area contributed by atoms with Gasteiger partial charge in [-0.2, -0.15) is 0 Å². The molecule has 2 aromatic heterocycles. The Morgan fingerprint density at radius 1 is 1.48 bits per heavy atom. The number of hydrogen-bond donors (Lipinski definition) is 2. The molecule has 3 rings (SSSR count). The highest BCUT2D eigenvalue weighted by atomic mass is 32.2. The maximum absolute atomic E-state index is 11.9. The van der Waals surface area contributed by atoms with Crippen LogP contribution in [0, 0.1) is 6.92 Å². The minimum atomic E-state index is -0.150. The second-order valence-electron chi connectivity index (χ2n) is 4.34. The van der Waals surface area contributed by atoms with Crippen molar-refractivity contribution in [2.45, 2.75) is 12.1 Å². The van der Waals surface area contributed by atoms with Crippen LogP contribution >= 0.6 is 23.1 Å². The number of nitrogen functional groups attached to an aromatic ring is 1. The minimum Gasteiger partial charge on any atom is -0.440 e. The number of nitrogens with one attached hydrogen (secondary N) is 1. The molecule has 1 aromatic carbocycles. The van der Waals surface area contributed by atoms with Crippen LogP contribution in [-0.4, -0.2) is 21.6 Å². The van der Waals surface area contributed by atoms with Gasteiger partial charge in [0.2, 0.25) is 5.91 Å². The van der Waals surface area contributed by atoms with Crippen molar-refractivity contribution >= 4 is 50.0 Å². The summed E-state index contributed by atoms with van der Waals surface area (Å²) in [6, 6.07) is 5.46. The Bertz CT molecular complexity index is 796. The molecule has 2 heterocycles. The molecule has 1 amide bonds. The van der Waals surface area contributed by atoms with Gasteiger partial charge in [-0.05, 0) is 25.1 Å². The molecule has 6 nitrogen and oxygen atoms in total. The average Bonchev–Trinajstić information content (AvgIpc) is 3.01. The average molecular weight is 320 g/mol. The lowest BCUT2D eigenvalue weighted by atomic mass is 10.3. The lowest BCUT2D eigenvalue weighted by Gasteiger charge is -1.98. The summed E-state index contributed by atoms with van der Waals surface area (Å²) >= 11 is 2.64. The molecule has 0 radical (unpaired) electrons. The van der Waals surface area contributed by atoms with Crippen LogP contribution in [0.2, 0.25) is 0 Å². The first-order chi connectivity index (χ1) is 10.1. The summed E-state index contributed by atoms with van der Waals surface area (Å²) < 4.78 is 6.12. The summed E-state index contributed by atoms with van der Waals surface area (Å²) in [6.45, 7) is 1.83. The summed E-state index contributed by atoms with van der Waals surface area (Å²) in [6.07, 6.45) is 1.55. The summed E-state index contributed by atoms with van der Waals surface area (Å²) in [7, 11) is 0. The van der Waals surface area contributed by atoms with Crippen LogP contribution in [-0.2, 0) is 4.79 Å². The fourth-order valence-corrected chi connectivity index (χ4v) is 3.26. The molecular weight excluding hydrogens is 308 g/mol. The van der Waals surface area contributed by atoms with E-state index in [-0.39, 0.29) is 11.7 Å². The van der Waals surface area contributed by atoms with E-state index in [0.717, 1.165) is 15.9 Å². The fraction of sp³-hybridized carbons (Fsp3) is 0.154. The third-order valence-electron chi connectivity index (χ3n) is 2.58. The van der Waals surface area contributed by atoms with Crippen LogP contribution in [0.4, 0.5) is 10.8 Å². The molecule has 21 heavy (non-hydrogen) atoms. The Morgan fingerprint density at radius 2 is 2.33 bits per heavy atom. The van der Waals surface area contributed by atoms with Gasteiger partial charge < -0.3 is 15.5 Å². The molecule has 0 spiro atoms. The molecule has 0 bridgehead atoms. The molecular formula is C13H12N4O2S2. The number of carbonyl (C=O) groups excluding carboxylic acids is 1. The number of nitrogens with zero attached hydrogens (tertiary/aromatic N) is 2. The fourth-order valence-electron chi connectivity index (χ4n) is 1.68. The van der Waals surface area contributed by atoms with E-state index >= 15 is 0 Å². The quantitative estimate of drug-likeness (QED) is 0.567. The zero-order valence-electron chi connectivity index (χ0n) is 11.1. The molecule has 3 N–H and O–H groups in total. The second-order valence-corrected chi connectivity index (χ2v) is 6.30. The van der Waals surface area contributed by atoms with E-state index in [4.69, 9.17) is 10.2 Å². The Labute approximate surface area is 128 Å². The Hall–Kier alpha value is -2.06. The highest BCUT2D eigenvalue weighted by molar-refractivity contribution is 7.99. The first-order valence-electron chi connectivity index (χ1n) is 6.11. The van der Waals surface area contributed by atoms with Gasteiger partial charge in [-0.25, -0.2) is 9.97 Å². The van der Waals surface area contributed by atoms with Crippen LogP contribution in [0.25, 0.3) is 10.2 Å². The first-order valence-corrected chi connectivity index (χ1v) is 7.91. The number of nitrogens with two attached hydrogens (primary N) is 1. The molecule has 0 saturated heterocycles. The molecule has 108 valence electrons.